The molecule has 32 heavy (non-hydrogen) atoms. The molecular weight excluding hydrogens is 537 g/mol. The highest BCUT2D eigenvalue weighted by atomic mass is 127. The monoisotopic (exact) mass is 569 g/mol. The zero-order chi connectivity index (χ0) is 21.6. The standard InChI is InChI=1S/C22H31N7OS.HI/c1-3-19-25-22(31-26-19)28-14-12-27(13-15-28)21(23-4-2)24-16-20(30)29-11-7-9-17-8-5-6-10-18(17)29;/h5-6,8,10H,3-4,7,9,11-16H2,1-2H3,(H,23,24);1H. The van der Waals surface area contributed by atoms with E-state index in [1.54, 1.807) is 0 Å². The molecule has 0 spiro atoms. The van der Waals surface area contributed by atoms with Gasteiger partial charge in [-0.1, -0.05) is 25.1 Å². The van der Waals surface area contributed by atoms with Crippen molar-refractivity contribution in [2.45, 2.75) is 33.1 Å². The van der Waals surface area contributed by atoms with Crippen molar-refractivity contribution in [3.63, 3.8) is 0 Å². The third-order valence-electron chi connectivity index (χ3n) is 5.73. The van der Waals surface area contributed by atoms with Crippen LogP contribution in [0, 0.1) is 0 Å². The summed E-state index contributed by atoms with van der Waals surface area (Å²) in [6.07, 6.45) is 2.90. The van der Waals surface area contributed by atoms with E-state index in [9.17, 15) is 4.79 Å². The van der Waals surface area contributed by atoms with Crippen LogP contribution in [0.5, 0.6) is 0 Å². The van der Waals surface area contributed by atoms with Crippen LogP contribution in [0.3, 0.4) is 0 Å². The second-order valence-corrected chi connectivity index (χ2v) is 8.50. The Morgan fingerprint density at radius 1 is 1.16 bits per heavy atom. The first-order valence-corrected chi connectivity index (χ1v) is 12.0. The van der Waals surface area contributed by atoms with E-state index in [0.29, 0.717) is 0 Å². The molecule has 174 valence electrons. The zero-order valence-corrected chi connectivity index (χ0v) is 21.9. The summed E-state index contributed by atoms with van der Waals surface area (Å²) in [7, 11) is 0. The van der Waals surface area contributed by atoms with E-state index in [1.165, 1.54) is 17.1 Å². The first-order valence-electron chi connectivity index (χ1n) is 11.2. The molecule has 1 fully saturated rings. The molecule has 0 atom stereocenters. The summed E-state index contributed by atoms with van der Waals surface area (Å²) in [5.41, 5.74) is 2.29. The summed E-state index contributed by atoms with van der Waals surface area (Å²) in [6, 6.07) is 8.19. The smallest absolute Gasteiger partial charge is 0.248 e. The highest BCUT2D eigenvalue weighted by molar-refractivity contribution is 14.0. The average Bonchev–Trinajstić information content (AvgIpc) is 3.31. The molecule has 10 heteroatoms. The molecule has 0 unspecified atom stereocenters. The summed E-state index contributed by atoms with van der Waals surface area (Å²) in [5.74, 6) is 1.78. The molecule has 1 saturated heterocycles. The van der Waals surface area contributed by atoms with Crippen LogP contribution in [-0.2, 0) is 17.6 Å². The van der Waals surface area contributed by atoms with Gasteiger partial charge in [-0.25, -0.2) is 9.98 Å². The summed E-state index contributed by atoms with van der Waals surface area (Å²) < 4.78 is 4.40. The van der Waals surface area contributed by atoms with Gasteiger partial charge in [0.15, 0.2) is 5.96 Å². The summed E-state index contributed by atoms with van der Waals surface area (Å²) in [5, 5.41) is 4.36. The van der Waals surface area contributed by atoms with Crippen LogP contribution < -0.4 is 15.1 Å². The number of halogens is 1. The van der Waals surface area contributed by atoms with Gasteiger partial charge < -0.3 is 20.0 Å². The molecule has 0 aliphatic carbocycles. The number of piperazine rings is 1. The first kappa shape index (κ1) is 24.7. The fraction of sp³-hybridized carbons (Fsp3) is 0.545. The molecule has 8 nitrogen and oxygen atoms in total. The topological polar surface area (TPSA) is 77.0 Å². The number of carbonyl (C=O) groups is 1. The molecule has 4 rings (SSSR count). The zero-order valence-electron chi connectivity index (χ0n) is 18.8. The molecule has 1 amide bonds. The summed E-state index contributed by atoms with van der Waals surface area (Å²) in [4.78, 5) is 28.7. The number of anilines is 2. The van der Waals surface area contributed by atoms with Crippen molar-refractivity contribution in [3.8, 4) is 0 Å². The Kier molecular flexibility index (Phi) is 9.09. The highest BCUT2D eigenvalue weighted by Crippen LogP contribution is 2.26. The fourth-order valence-electron chi connectivity index (χ4n) is 4.07. The van der Waals surface area contributed by atoms with Crippen molar-refractivity contribution in [3.05, 3.63) is 35.7 Å². The molecule has 1 N–H and O–H groups in total. The number of hydrogen-bond acceptors (Lipinski definition) is 6. The maximum Gasteiger partial charge on any atom is 0.248 e. The molecule has 2 aliphatic heterocycles. The van der Waals surface area contributed by atoms with E-state index in [-0.39, 0.29) is 36.4 Å². The number of guanidine groups is 1. The largest absolute Gasteiger partial charge is 0.357 e. The minimum absolute atomic E-state index is 0. The number of benzene rings is 1. The number of nitrogens with one attached hydrogen (secondary N) is 1. The Morgan fingerprint density at radius 2 is 1.94 bits per heavy atom. The van der Waals surface area contributed by atoms with E-state index in [0.717, 1.165) is 81.1 Å². The minimum atomic E-state index is 0. The van der Waals surface area contributed by atoms with Gasteiger partial charge in [-0.2, -0.15) is 4.37 Å². The van der Waals surface area contributed by atoms with Crippen molar-refractivity contribution in [1.29, 1.82) is 0 Å². The highest BCUT2D eigenvalue weighted by Gasteiger charge is 2.24. The molecule has 1 aromatic carbocycles. The van der Waals surface area contributed by atoms with Crippen molar-refractivity contribution < 1.29 is 4.79 Å². The second kappa shape index (κ2) is 11.8. The van der Waals surface area contributed by atoms with Crippen LogP contribution >= 0.6 is 35.5 Å². The lowest BCUT2D eigenvalue weighted by Gasteiger charge is -2.36. The Labute approximate surface area is 211 Å². The van der Waals surface area contributed by atoms with Gasteiger partial charge in [0.2, 0.25) is 11.0 Å². The molecule has 3 heterocycles. The predicted molar refractivity (Wildman–Crippen MR) is 142 cm³/mol. The number of nitrogens with zero attached hydrogens (tertiary/aromatic N) is 6. The molecule has 2 aromatic rings. The van der Waals surface area contributed by atoms with Crippen LogP contribution in [0.15, 0.2) is 29.3 Å². The maximum absolute atomic E-state index is 13.0. The Bertz CT molecular complexity index is 927. The van der Waals surface area contributed by atoms with Crippen LogP contribution in [0.4, 0.5) is 10.8 Å². The van der Waals surface area contributed by atoms with Crippen LogP contribution in [0.1, 0.15) is 31.7 Å². The molecule has 0 saturated carbocycles. The van der Waals surface area contributed by atoms with Gasteiger partial charge in [-0.15, -0.1) is 24.0 Å². The molecule has 0 radical (unpaired) electrons. The number of aliphatic imine (C=N–C) groups is 1. The molecule has 1 aromatic heterocycles. The van der Waals surface area contributed by atoms with Gasteiger partial charge in [-0.3, -0.25) is 4.79 Å². The molecular formula is C22H32IN7OS. The summed E-state index contributed by atoms with van der Waals surface area (Å²) >= 11 is 1.48. The van der Waals surface area contributed by atoms with Gasteiger partial charge in [0.25, 0.3) is 0 Å². The van der Waals surface area contributed by atoms with E-state index < -0.39 is 0 Å². The van der Waals surface area contributed by atoms with E-state index in [1.807, 2.05) is 23.1 Å². The van der Waals surface area contributed by atoms with Crippen LogP contribution in [0.25, 0.3) is 0 Å². The van der Waals surface area contributed by atoms with Gasteiger partial charge >= 0.3 is 0 Å². The minimum Gasteiger partial charge on any atom is -0.357 e. The number of amides is 1. The quantitative estimate of drug-likeness (QED) is 0.339. The predicted octanol–water partition coefficient (Wildman–Crippen LogP) is 2.79. The van der Waals surface area contributed by atoms with E-state index in [4.69, 9.17) is 4.99 Å². The third-order valence-corrected chi connectivity index (χ3v) is 6.55. The number of aryl methyl sites for hydroxylation is 2. The summed E-state index contributed by atoms with van der Waals surface area (Å²) in [6.45, 7) is 9.26. The maximum atomic E-state index is 13.0. The van der Waals surface area contributed by atoms with E-state index >= 15 is 0 Å². The number of carbonyl (C=O) groups excluding carboxylic acids is 1. The normalized spacial score (nSPS) is 16.4. The van der Waals surface area contributed by atoms with Gasteiger partial charge in [0, 0.05) is 62.9 Å². The number of fused-ring (bicyclic) bond motifs is 1. The van der Waals surface area contributed by atoms with Crippen molar-refractivity contribution in [2.24, 2.45) is 4.99 Å². The second-order valence-electron chi connectivity index (χ2n) is 7.77. The Balaban J connectivity index is 0.00000289. The number of rotatable bonds is 5. The van der Waals surface area contributed by atoms with Crippen molar-refractivity contribution in [1.82, 2.24) is 19.6 Å². The van der Waals surface area contributed by atoms with Crippen LogP contribution in [0.2, 0.25) is 0 Å². The van der Waals surface area contributed by atoms with Crippen molar-refractivity contribution in [2.75, 3.05) is 55.6 Å². The van der Waals surface area contributed by atoms with Crippen LogP contribution in [-0.4, -0.2) is 71.9 Å². The first-order chi connectivity index (χ1) is 15.2. The Hall–Kier alpha value is -1.95. The lowest BCUT2D eigenvalue weighted by molar-refractivity contribution is -0.117. The number of hydrogen-bond donors (Lipinski definition) is 1. The van der Waals surface area contributed by atoms with E-state index in [2.05, 4.69) is 44.4 Å². The lowest BCUT2D eigenvalue weighted by Crippen LogP contribution is -2.53. The third kappa shape index (κ3) is 5.69. The number of para-hydroxylation sites is 1. The lowest BCUT2D eigenvalue weighted by atomic mass is 10.0. The SMILES string of the molecule is CCNC(=NCC(=O)N1CCCc2ccccc21)N1CCN(c2nc(CC)ns2)CC1.I. The van der Waals surface area contributed by atoms with Crippen molar-refractivity contribution >= 4 is 58.2 Å². The Morgan fingerprint density at radius 3 is 2.66 bits per heavy atom. The van der Waals surface area contributed by atoms with Gasteiger partial charge in [0.1, 0.15) is 12.4 Å². The fourth-order valence-corrected chi connectivity index (χ4v) is 4.87. The van der Waals surface area contributed by atoms with Gasteiger partial charge in [0.05, 0.1) is 0 Å². The number of aromatic nitrogens is 2. The van der Waals surface area contributed by atoms with Gasteiger partial charge in [-0.05, 0) is 31.4 Å². The average molecular weight is 570 g/mol. The molecule has 0 bridgehead atoms. The molecule has 2 aliphatic rings.